The van der Waals surface area contributed by atoms with E-state index in [4.69, 9.17) is 0 Å². The Bertz CT molecular complexity index is 162. The molecule has 70 valence electrons. The highest BCUT2D eigenvalue weighted by Gasteiger charge is 2.15. The summed E-state index contributed by atoms with van der Waals surface area (Å²) in [5.74, 6) is -0.0774. The zero-order valence-corrected chi connectivity index (χ0v) is 7.36. The molecule has 4 nitrogen and oxygen atoms in total. The summed E-state index contributed by atoms with van der Waals surface area (Å²) < 4.78 is 0. The fourth-order valence-electron chi connectivity index (χ4n) is 1.34. The summed E-state index contributed by atoms with van der Waals surface area (Å²) in [4.78, 5) is 5.59. The Morgan fingerprint density at radius 3 is 2.67 bits per heavy atom. The van der Waals surface area contributed by atoms with Gasteiger partial charge in [0.1, 0.15) is 0 Å². The van der Waals surface area contributed by atoms with Gasteiger partial charge in [0.15, 0.2) is 0 Å². The van der Waals surface area contributed by atoms with E-state index in [1.807, 2.05) is 4.90 Å². The zero-order chi connectivity index (χ0) is 8.97. The highest BCUT2D eigenvalue weighted by molar-refractivity contribution is 5.73. The number of aliphatic hydroxyl groups excluding tert-OH is 1. The van der Waals surface area contributed by atoms with Gasteiger partial charge >= 0.3 is 0 Å². The Labute approximate surface area is 72.5 Å². The van der Waals surface area contributed by atoms with Gasteiger partial charge in [0.2, 0.25) is 0 Å². The Morgan fingerprint density at radius 1 is 1.58 bits per heavy atom. The first-order chi connectivity index (χ1) is 5.72. The summed E-state index contributed by atoms with van der Waals surface area (Å²) in [5.41, 5.74) is 0. The summed E-state index contributed by atoms with van der Waals surface area (Å²) >= 11 is 0. The number of aliphatic hydroxyl groups is 1. The molecular formula is C8H15N2O2-. The summed E-state index contributed by atoms with van der Waals surface area (Å²) in [6.07, 6.45) is 1.38. The van der Waals surface area contributed by atoms with Crippen LogP contribution in [0.1, 0.15) is 12.8 Å². The van der Waals surface area contributed by atoms with Gasteiger partial charge in [0, 0.05) is 26.7 Å². The molecule has 1 heterocycles. The molecule has 0 aromatic rings. The maximum Gasteiger partial charge on any atom is 0.0564 e. The molecule has 0 unspecified atom stereocenters. The average molecular weight is 171 g/mol. The number of likely N-dealkylation sites (tertiary alicyclic amines) is 1. The second kappa shape index (κ2) is 4.42. The van der Waals surface area contributed by atoms with Crippen LogP contribution in [0.4, 0.5) is 0 Å². The van der Waals surface area contributed by atoms with Crippen LogP contribution in [-0.4, -0.2) is 48.7 Å². The van der Waals surface area contributed by atoms with E-state index in [1.54, 1.807) is 0 Å². The molecule has 0 bridgehead atoms. The van der Waals surface area contributed by atoms with Crippen LogP contribution in [0.15, 0.2) is 4.99 Å². The second-order valence-electron chi connectivity index (χ2n) is 3.12. The van der Waals surface area contributed by atoms with Gasteiger partial charge in [-0.15, -0.1) is 0 Å². The van der Waals surface area contributed by atoms with Crippen LogP contribution in [-0.2, 0) is 0 Å². The fraction of sp³-hybridized carbons (Fsp3) is 0.875. The number of rotatable bonds is 2. The predicted molar refractivity (Wildman–Crippen MR) is 45.0 cm³/mol. The van der Waals surface area contributed by atoms with Crippen molar-refractivity contribution < 1.29 is 10.2 Å². The van der Waals surface area contributed by atoms with E-state index in [0.29, 0.717) is 6.54 Å². The molecular weight excluding hydrogens is 156 g/mol. The molecule has 0 radical (unpaired) electrons. The Hall–Kier alpha value is -0.610. The molecule has 1 N–H and O–H groups in total. The third-order valence-corrected chi connectivity index (χ3v) is 2.17. The van der Waals surface area contributed by atoms with Gasteiger partial charge in [0.05, 0.1) is 6.10 Å². The van der Waals surface area contributed by atoms with E-state index in [1.165, 1.54) is 7.05 Å². The van der Waals surface area contributed by atoms with E-state index in [9.17, 15) is 10.2 Å². The minimum Gasteiger partial charge on any atom is -0.861 e. The molecule has 0 aliphatic carbocycles. The quantitative estimate of drug-likeness (QED) is 0.421. The molecule has 1 rings (SSSR count). The Kier molecular flexibility index (Phi) is 3.49. The normalized spacial score (nSPS) is 23.0. The van der Waals surface area contributed by atoms with Crippen LogP contribution in [0.2, 0.25) is 0 Å². The van der Waals surface area contributed by atoms with Crippen LogP contribution in [0.3, 0.4) is 0 Å². The van der Waals surface area contributed by atoms with E-state index in [-0.39, 0.29) is 12.0 Å². The van der Waals surface area contributed by atoms with Gasteiger partial charge < -0.3 is 15.2 Å². The smallest absolute Gasteiger partial charge is 0.0564 e. The third-order valence-electron chi connectivity index (χ3n) is 2.17. The summed E-state index contributed by atoms with van der Waals surface area (Å²) in [6, 6.07) is 0. The lowest BCUT2D eigenvalue weighted by molar-refractivity contribution is -0.220. The van der Waals surface area contributed by atoms with Crippen molar-refractivity contribution in [3.8, 4) is 0 Å². The third kappa shape index (κ3) is 2.79. The van der Waals surface area contributed by atoms with Gasteiger partial charge in [-0.05, 0) is 18.7 Å². The van der Waals surface area contributed by atoms with Crippen molar-refractivity contribution in [1.82, 2.24) is 4.90 Å². The van der Waals surface area contributed by atoms with E-state index < -0.39 is 0 Å². The summed E-state index contributed by atoms with van der Waals surface area (Å²) in [5, 5.41) is 20.1. The number of hydrogen-bond acceptors (Lipinski definition) is 4. The van der Waals surface area contributed by atoms with Gasteiger partial charge in [-0.25, -0.2) is 0 Å². The lowest BCUT2D eigenvalue weighted by Crippen LogP contribution is -2.42. The summed E-state index contributed by atoms with van der Waals surface area (Å²) in [7, 11) is 1.52. The molecule has 1 saturated heterocycles. The molecule has 0 saturated carbocycles. The number of nitrogens with zero attached hydrogens (tertiary/aromatic N) is 2. The van der Waals surface area contributed by atoms with Crippen molar-refractivity contribution in [2.75, 3.05) is 26.7 Å². The van der Waals surface area contributed by atoms with Crippen LogP contribution in [0.5, 0.6) is 0 Å². The first-order valence-electron chi connectivity index (χ1n) is 4.25. The molecule has 0 spiro atoms. The molecule has 0 aromatic heterocycles. The van der Waals surface area contributed by atoms with Crippen LogP contribution in [0, 0.1) is 0 Å². The molecule has 12 heavy (non-hydrogen) atoms. The zero-order valence-electron chi connectivity index (χ0n) is 7.36. The molecule has 4 heteroatoms. The Morgan fingerprint density at radius 2 is 2.17 bits per heavy atom. The largest absolute Gasteiger partial charge is 0.861 e. The highest BCUT2D eigenvalue weighted by Crippen LogP contribution is 2.08. The van der Waals surface area contributed by atoms with Gasteiger partial charge in [0.25, 0.3) is 0 Å². The molecule has 0 aromatic carbocycles. The molecule has 1 aliphatic rings. The lowest BCUT2D eigenvalue weighted by Gasteiger charge is -2.30. The van der Waals surface area contributed by atoms with Crippen molar-refractivity contribution in [2.45, 2.75) is 18.9 Å². The monoisotopic (exact) mass is 171 g/mol. The minimum absolute atomic E-state index is 0.0774. The van der Waals surface area contributed by atoms with E-state index in [0.717, 1.165) is 25.9 Å². The van der Waals surface area contributed by atoms with E-state index >= 15 is 0 Å². The maximum atomic E-state index is 10.9. The van der Waals surface area contributed by atoms with Gasteiger partial charge in [-0.3, -0.25) is 4.90 Å². The lowest BCUT2D eigenvalue weighted by atomic mass is 10.1. The van der Waals surface area contributed by atoms with Crippen molar-refractivity contribution in [2.24, 2.45) is 4.99 Å². The van der Waals surface area contributed by atoms with Crippen LogP contribution in [0.25, 0.3) is 0 Å². The highest BCUT2D eigenvalue weighted by atomic mass is 16.3. The van der Waals surface area contributed by atoms with Crippen molar-refractivity contribution in [1.29, 1.82) is 0 Å². The first kappa shape index (κ1) is 9.48. The van der Waals surface area contributed by atoms with Gasteiger partial charge in [-0.2, -0.15) is 0 Å². The standard InChI is InChI=1S/C8H16N2O2/c1-9-8(12)6-10-4-2-7(11)3-5-10/h7,11H,2-6H2,1H3,(H,9,12)/p-1. The number of hydrogen-bond donors (Lipinski definition) is 1. The topological polar surface area (TPSA) is 58.9 Å². The minimum atomic E-state index is -0.171. The average Bonchev–Trinajstić information content (AvgIpc) is 2.09. The number of aliphatic imine (C=N–C) groups is 1. The van der Waals surface area contributed by atoms with Crippen LogP contribution < -0.4 is 5.11 Å². The van der Waals surface area contributed by atoms with Crippen molar-refractivity contribution in [3.63, 3.8) is 0 Å². The number of piperidine rings is 1. The predicted octanol–water partition coefficient (Wildman–Crippen LogP) is -1.17. The van der Waals surface area contributed by atoms with Gasteiger partial charge in [-0.1, -0.05) is 0 Å². The summed E-state index contributed by atoms with van der Waals surface area (Å²) in [6.45, 7) is 2.02. The second-order valence-corrected chi connectivity index (χ2v) is 3.12. The molecule has 1 aliphatic heterocycles. The van der Waals surface area contributed by atoms with Crippen molar-refractivity contribution in [3.05, 3.63) is 0 Å². The Balaban J connectivity index is 2.26. The van der Waals surface area contributed by atoms with E-state index in [2.05, 4.69) is 4.99 Å². The molecule has 0 atom stereocenters. The first-order valence-corrected chi connectivity index (χ1v) is 4.25. The van der Waals surface area contributed by atoms with Crippen LogP contribution >= 0.6 is 0 Å². The maximum absolute atomic E-state index is 10.9. The van der Waals surface area contributed by atoms with Crippen molar-refractivity contribution >= 4 is 5.90 Å². The fourth-order valence-corrected chi connectivity index (χ4v) is 1.34. The molecule has 1 fully saturated rings. The SMILES string of the molecule is CN=C([O-])CN1CCC(O)CC1. The molecule has 0 amide bonds.